The maximum atomic E-state index is 12.6. The SMILES string of the molecule is O=C(CC(c1ccccc1)c1ccc2c(c1)OCO2)NCCc1cnccn1. The molecule has 1 atom stereocenters. The Labute approximate surface area is 163 Å². The van der Waals surface area contributed by atoms with Crippen molar-refractivity contribution in [2.24, 2.45) is 0 Å². The van der Waals surface area contributed by atoms with Crippen LogP contribution in [0.4, 0.5) is 0 Å². The lowest BCUT2D eigenvalue weighted by atomic mass is 9.88. The van der Waals surface area contributed by atoms with Gasteiger partial charge in [0.25, 0.3) is 0 Å². The number of aromatic nitrogens is 2. The van der Waals surface area contributed by atoms with E-state index in [-0.39, 0.29) is 18.6 Å². The standard InChI is InChI=1S/C22H21N3O3/c26-22(25-9-8-18-14-23-10-11-24-18)13-19(16-4-2-1-3-5-16)17-6-7-20-21(12-17)28-15-27-20/h1-7,10-12,14,19H,8-9,13,15H2,(H,25,26). The minimum atomic E-state index is -0.0628. The maximum absolute atomic E-state index is 12.6. The Morgan fingerprint density at radius 2 is 1.89 bits per heavy atom. The Morgan fingerprint density at radius 3 is 2.71 bits per heavy atom. The van der Waals surface area contributed by atoms with Crippen molar-refractivity contribution in [2.45, 2.75) is 18.8 Å². The van der Waals surface area contributed by atoms with Gasteiger partial charge in [-0.2, -0.15) is 0 Å². The summed E-state index contributed by atoms with van der Waals surface area (Å²) in [7, 11) is 0. The monoisotopic (exact) mass is 375 g/mol. The minimum absolute atomic E-state index is 0.00425. The Balaban J connectivity index is 1.46. The molecule has 0 saturated heterocycles. The van der Waals surface area contributed by atoms with Crippen LogP contribution in [0.2, 0.25) is 0 Å². The highest BCUT2D eigenvalue weighted by atomic mass is 16.7. The van der Waals surface area contributed by atoms with Crippen molar-refractivity contribution in [3.63, 3.8) is 0 Å². The minimum Gasteiger partial charge on any atom is -0.454 e. The van der Waals surface area contributed by atoms with Gasteiger partial charge in [-0.15, -0.1) is 0 Å². The third kappa shape index (κ3) is 4.28. The largest absolute Gasteiger partial charge is 0.454 e. The van der Waals surface area contributed by atoms with Crippen molar-refractivity contribution >= 4 is 5.91 Å². The zero-order chi connectivity index (χ0) is 19.2. The van der Waals surface area contributed by atoms with Gasteiger partial charge in [0, 0.05) is 43.9 Å². The molecular weight excluding hydrogens is 354 g/mol. The summed E-state index contributed by atoms with van der Waals surface area (Å²) in [4.78, 5) is 20.9. The van der Waals surface area contributed by atoms with Crippen LogP contribution in [0, 0.1) is 0 Å². The molecule has 6 heteroatoms. The fourth-order valence-electron chi connectivity index (χ4n) is 3.29. The fourth-order valence-corrected chi connectivity index (χ4v) is 3.29. The van der Waals surface area contributed by atoms with Crippen molar-refractivity contribution in [2.75, 3.05) is 13.3 Å². The Kier molecular flexibility index (Phi) is 5.47. The van der Waals surface area contributed by atoms with Crippen LogP contribution < -0.4 is 14.8 Å². The average molecular weight is 375 g/mol. The summed E-state index contributed by atoms with van der Waals surface area (Å²) in [5, 5.41) is 2.99. The van der Waals surface area contributed by atoms with Crippen LogP contribution in [0.15, 0.2) is 67.1 Å². The van der Waals surface area contributed by atoms with Crippen LogP contribution >= 0.6 is 0 Å². The van der Waals surface area contributed by atoms with E-state index in [0.29, 0.717) is 19.4 Å². The molecule has 3 aromatic rings. The number of rotatable bonds is 7. The van der Waals surface area contributed by atoms with E-state index in [1.165, 1.54) is 0 Å². The Hall–Kier alpha value is -3.41. The molecule has 142 valence electrons. The lowest BCUT2D eigenvalue weighted by molar-refractivity contribution is -0.121. The zero-order valence-corrected chi connectivity index (χ0v) is 15.4. The molecule has 0 aliphatic carbocycles. The van der Waals surface area contributed by atoms with E-state index in [1.54, 1.807) is 18.6 Å². The molecule has 1 aliphatic heterocycles. The number of benzene rings is 2. The molecule has 0 radical (unpaired) electrons. The molecule has 2 heterocycles. The summed E-state index contributed by atoms with van der Waals surface area (Å²) >= 11 is 0. The number of nitrogens with one attached hydrogen (secondary N) is 1. The van der Waals surface area contributed by atoms with Gasteiger partial charge in [0.2, 0.25) is 12.7 Å². The van der Waals surface area contributed by atoms with Crippen molar-refractivity contribution in [1.29, 1.82) is 0 Å². The van der Waals surface area contributed by atoms with Gasteiger partial charge in [-0.3, -0.25) is 14.8 Å². The molecule has 4 rings (SSSR count). The van der Waals surface area contributed by atoms with Crippen LogP contribution in [-0.2, 0) is 11.2 Å². The summed E-state index contributed by atoms with van der Waals surface area (Å²) in [6, 6.07) is 15.9. The second kappa shape index (κ2) is 8.52. The first kappa shape index (κ1) is 18.0. The number of amides is 1. The normalized spacial score (nSPS) is 13.1. The first-order chi connectivity index (χ1) is 13.8. The molecule has 1 amide bonds. The number of hydrogen-bond donors (Lipinski definition) is 1. The van der Waals surface area contributed by atoms with Gasteiger partial charge in [-0.1, -0.05) is 36.4 Å². The molecule has 1 unspecified atom stereocenters. The second-order valence-electron chi connectivity index (χ2n) is 6.58. The number of carbonyl (C=O) groups excluding carboxylic acids is 1. The molecular formula is C22H21N3O3. The van der Waals surface area contributed by atoms with E-state index in [9.17, 15) is 4.79 Å². The first-order valence-electron chi connectivity index (χ1n) is 9.25. The highest BCUT2D eigenvalue weighted by Crippen LogP contribution is 2.37. The van der Waals surface area contributed by atoms with Crippen molar-refractivity contribution in [1.82, 2.24) is 15.3 Å². The van der Waals surface area contributed by atoms with Gasteiger partial charge in [0.05, 0.1) is 5.69 Å². The number of fused-ring (bicyclic) bond motifs is 1. The molecule has 2 aromatic carbocycles. The van der Waals surface area contributed by atoms with Crippen LogP contribution in [-0.4, -0.2) is 29.2 Å². The van der Waals surface area contributed by atoms with E-state index in [2.05, 4.69) is 15.3 Å². The molecule has 0 fully saturated rings. The smallest absolute Gasteiger partial charge is 0.231 e. The predicted molar refractivity (Wildman–Crippen MR) is 104 cm³/mol. The van der Waals surface area contributed by atoms with Gasteiger partial charge < -0.3 is 14.8 Å². The molecule has 28 heavy (non-hydrogen) atoms. The average Bonchev–Trinajstić information content (AvgIpc) is 3.21. The number of nitrogens with zero attached hydrogens (tertiary/aromatic N) is 2. The number of carbonyl (C=O) groups is 1. The molecule has 6 nitrogen and oxygen atoms in total. The molecule has 0 bridgehead atoms. The van der Waals surface area contributed by atoms with E-state index >= 15 is 0 Å². The molecule has 1 aromatic heterocycles. The van der Waals surface area contributed by atoms with Crippen LogP contribution in [0.3, 0.4) is 0 Å². The third-order valence-corrected chi connectivity index (χ3v) is 4.71. The number of ether oxygens (including phenoxy) is 2. The molecule has 1 N–H and O–H groups in total. The van der Waals surface area contributed by atoms with Crippen molar-refractivity contribution < 1.29 is 14.3 Å². The van der Waals surface area contributed by atoms with Gasteiger partial charge in [-0.05, 0) is 23.3 Å². The summed E-state index contributed by atoms with van der Waals surface area (Å²) < 4.78 is 10.9. The maximum Gasteiger partial charge on any atom is 0.231 e. The van der Waals surface area contributed by atoms with E-state index < -0.39 is 0 Å². The third-order valence-electron chi connectivity index (χ3n) is 4.71. The summed E-state index contributed by atoms with van der Waals surface area (Å²) in [6.45, 7) is 0.762. The van der Waals surface area contributed by atoms with Crippen molar-refractivity contribution in [3.8, 4) is 11.5 Å². The molecule has 1 aliphatic rings. The highest BCUT2D eigenvalue weighted by molar-refractivity contribution is 5.77. The van der Waals surface area contributed by atoms with E-state index in [1.807, 2.05) is 48.5 Å². The van der Waals surface area contributed by atoms with Gasteiger partial charge in [0.1, 0.15) is 0 Å². The van der Waals surface area contributed by atoms with Crippen molar-refractivity contribution in [3.05, 3.63) is 83.9 Å². The van der Waals surface area contributed by atoms with Gasteiger partial charge >= 0.3 is 0 Å². The zero-order valence-electron chi connectivity index (χ0n) is 15.4. The lowest BCUT2D eigenvalue weighted by Crippen LogP contribution is -2.27. The summed E-state index contributed by atoms with van der Waals surface area (Å²) in [6.07, 6.45) is 6.01. The lowest BCUT2D eigenvalue weighted by Gasteiger charge is -2.18. The van der Waals surface area contributed by atoms with Crippen LogP contribution in [0.5, 0.6) is 11.5 Å². The quantitative estimate of drug-likeness (QED) is 0.687. The second-order valence-corrected chi connectivity index (χ2v) is 6.58. The molecule has 0 saturated carbocycles. The first-order valence-corrected chi connectivity index (χ1v) is 9.25. The topological polar surface area (TPSA) is 73.3 Å². The van der Waals surface area contributed by atoms with Crippen LogP contribution in [0.25, 0.3) is 0 Å². The Morgan fingerprint density at radius 1 is 1.04 bits per heavy atom. The number of hydrogen-bond acceptors (Lipinski definition) is 5. The highest BCUT2D eigenvalue weighted by Gasteiger charge is 2.21. The fraction of sp³-hybridized carbons (Fsp3) is 0.227. The summed E-state index contributed by atoms with van der Waals surface area (Å²) in [5.41, 5.74) is 2.98. The van der Waals surface area contributed by atoms with Gasteiger partial charge in [0.15, 0.2) is 11.5 Å². The van der Waals surface area contributed by atoms with E-state index in [0.717, 1.165) is 28.3 Å². The predicted octanol–water partition coefficient (Wildman–Crippen LogP) is 3.09. The van der Waals surface area contributed by atoms with Gasteiger partial charge in [-0.25, -0.2) is 0 Å². The van der Waals surface area contributed by atoms with E-state index in [4.69, 9.17) is 9.47 Å². The summed E-state index contributed by atoms with van der Waals surface area (Å²) in [5.74, 6) is 1.40. The molecule has 0 spiro atoms. The van der Waals surface area contributed by atoms with Crippen LogP contribution in [0.1, 0.15) is 29.2 Å². The Bertz CT molecular complexity index is 932.